The Bertz CT molecular complexity index is 1070. The molecular weight excluding hydrogens is 388 g/mol. The fourth-order valence-corrected chi connectivity index (χ4v) is 4.05. The highest BCUT2D eigenvalue weighted by molar-refractivity contribution is 7.89. The summed E-state index contributed by atoms with van der Waals surface area (Å²) in [5.74, 6) is -0.125. The lowest BCUT2D eigenvalue weighted by Gasteiger charge is -2.09. The number of aromatic amines is 1. The molecule has 0 radical (unpaired) electrons. The average molecular weight is 413 g/mol. The number of H-pyrrole nitrogens is 1. The molecule has 0 bridgehead atoms. The summed E-state index contributed by atoms with van der Waals surface area (Å²) >= 11 is 0. The van der Waals surface area contributed by atoms with Gasteiger partial charge in [-0.25, -0.2) is 13.1 Å². The third-order valence-corrected chi connectivity index (χ3v) is 6.03. The van der Waals surface area contributed by atoms with Gasteiger partial charge in [-0.1, -0.05) is 24.3 Å². The number of rotatable bonds is 8. The summed E-state index contributed by atoms with van der Waals surface area (Å²) in [6, 6.07) is 14.1. The summed E-state index contributed by atoms with van der Waals surface area (Å²) in [5, 5.41) is 9.56. The zero-order valence-corrected chi connectivity index (χ0v) is 17.2. The van der Waals surface area contributed by atoms with E-state index in [0.29, 0.717) is 13.0 Å². The number of nitrogens with one attached hydrogen (secondary N) is 3. The first-order chi connectivity index (χ1) is 13.8. The van der Waals surface area contributed by atoms with Crippen molar-refractivity contribution in [3.8, 4) is 11.1 Å². The number of amides is 1. The number of aryl methyl sites for hydroxylation is 2. The zero-order chi connectivity index (χ0) is 20.9. The van der Waals surface area contributed by atoms with Crippen molar-refractivity contribution in [3.63, 3.8) is 0 Å². The van der Waals surface area contributed by atoms with Crippen LogP contribution in [0.3, 0.4) is 0 Å². The molecule has 0 spiro atoms. The maximum Gasteiger partial charge on any atom is 0.240 e. The van der Waals surface area contributed by atoms with Gasteiger partial charge in [0.25, 0.3) is 0 Å². The second-order valence-corrected chi connectivity index (χ2v) is 8.57. The van der Waals surface area contributed by atoms with Gasteiger partial charge in [0, 0.05) is 24.8 Å². The Morgan fingerprint density at radius 2 is 1.66 bits per heavy atom. The van der Waals surface area contributed by atoms with Crippen LogP contribution >= 0.6 is 0 Å². The molecule has 3 aromatic rings. The highest BCUT2D eigenvalue weighted by Crippen LogP contribution is 2.23. The standard InChI is InChI=1S/C21H24N4O3S/c1-15-19(14-22-25-15)4-3-13-23-29(27,28)21-11-7-18(8-12-21)17-5-9-20(10-6-17)24-16(2)26/h5-12,14,23H,3-4,13H2,1-2H3,(H,22,25)(H,24,26). The molecule has 0 aliphatic heterocycles. The maximum atomic E-state index is 12.5. The predicted octanol–water partition coefficient (Wildman–Crippen LogP) is 3.25. The van der Waals surface area contributed by atoms with Gasteiger partial charge in [0.2, 0.25) is 15.9 Å². The molecule has 0 atom stereocenters. The normalized spacial score (nSPS) is 11.4. The van der Waals surface area contributed by atoms with Crippen LogP contribution in [0.4, 0.5) is 5.69 Å². The number of sulfonamides is 1. The minimum Gasteiger partial charge on any atom is -0.326 e. The van der Waals surface area contributed by atoms with Crippen LogP contribution in [-0.4, -0.2) is 31.1 Å². The smallest absolute Gasteiger partial charge is 0.240 e. The van der Waals surface area contributed by atoms with E-state index in [0.717, 1.165) is 34.5 Å². The van der Waals surface area contributed by atoms with Gasteiger partial charge in [-0.3, -0.25) is 9.89 Å². The molecule has 0 aliphatic rings. The van der Waals surface area contributed by atoms with Crippen molar-refractivity contribution in [2.24, 2.45) is 0 Å². The maximum absolute atomic E-state index is 12.5. The van der Waals surface area contributed by atoms with E-state index in [-0.39, 0.29) is 10.8 Å². The van der Waals surface area contributed by atoms with Crippen LogP contribution in [0.2, 0.25) is 0 Å². The molecule has 7 nitrogen and oxygen atoms in total. The highest BCUT2D eigenvalue weighted by Gasteiger charge is 2.13. The van der Waals surface area contributed by atoms with Crippen LogP contribution in [0, 0.1) is 6.92 Å². The molecular formula is C21H24N4O3S. The fraction of sp³-hybridized carbons (Fsp3) is 0.238. The van der Waals surface area contributed by atoms with E-state index in [1.807, 2.05) is 31.2 Å². The molecule has 152 valence electrons. The first-order valence-corrected chi connectivity index (χ1v) is 10.8. The summed E-state index contributed by atoms with van der Waals surface area (Å²) in [4.78, 5) is 11.3. The number of hydrogen-bond acceptors (Lipinski definition) is 4. The lowest BCUT2D eigenvalue weighted by molar-refractivity contribution is -0.114. The molecule has 0 saturated carbocycles. The fourth-order valence-electron chi connectivity index (χ4n) is 2.97. The van der Waals surface area contributed by atoms with E-state index in [2.05, 4.69) is 20.2 Å². The Labute approximate surface area is 170 Å². The number of carbonyl (C=O) groups is 1. The van der Waals surface area contributed by atoms with Gasteiger partial charge in [0.1, 0.15) is 0 Å². The molecule has 29 heavy (non-hydrogen) atoms. The lowest BCUT2D eigenvalue weighted by atomic mass is 10.1. The van der Waals surface area contributed by atoms with Crippen molar-refractivity contribution in [1.29, 1.82) is 0 Å². The summed E-state index contributed by atoms with van der Waals surface area (Å²) < 4.78 is 27.6. The summed E-state index contributed by atoms with van der Waals surface area (Å²) in [6.07, 6.45) is 3.22. The summed E-state index contributed by atoms with van der Waals surface area (Å²) in [5.41, 5.74) is 4.65. The van der Waals surface area contributed by atoms with Crippen molar-refractivity contribution in [3.05, 3.63) is 66.0 Å². The van der Waals surface area contributed by atoms with Crippen molar-refractivity contribution in [2.45, 2.75) is 31.6 Å². The molecule has 2 aromatic carbocycles. The average Bonchev–Trinajstić information content (AvgIpc) is 3.10. The summed E-state index contributed by atoms with van der Waals surface area (Å²) in [7, 11) is -3.55. The van der Waals surface area contributed by atoms with E-state index in [4.69, 9.17) is 0 Å². The number of nitrogens with zero attached hydrogens (tertiary/aromatic N) is 1. The van der Waals surface area contributed by atoms with Crippen LogP contribution < -0.4 is 10.0 Å². The molecule has 1 heterocycles. The summed E-state index contributed by atoms with van der Waals surface area (Å²) in [6.45, 7) is 3.76. The second kappa shape index (κ2) is 9.02. The SMILES string of the molecule is CC(=O)Nc1ccc(-c2ccc(S(=O)(=O)NCCCc3cn[nH]c3C)cc2)cc1. The van der Waals surface area contributed by atoms with Gasteiger partial charge in [0.05, 0.1) is 11.1 Å². The lowest BCUT2D eigenvalue weighted by Crippen LogP contribution is -2.25. The predicted molar refractivity (Wildman–Crippen MR) is 113 cm³/mol. The molecule has 0 fully saturated rings. The quantitative estimate of drug-likeness (QED) is 0.494. The van der Waals surface area contributed by atoms with Gasteiger partial charge in [0.15, 0.2) is 0 Å². The van der Waals surface area contributed by atoms with Gasteiger partial charge in [-0.15, -0.1) is 0 Å². The molecule has 1 amide bonds. The topological polar surface area (TPSA) is 104 Å². The largest absolute Gasteiger partial charge is 0.326 e. The van der Waals surface area contributed by atoms with Gasteiger partial charge in [-0.2, -0.15) is 5.10 Å². The van der Waals surface area contributed by atoms with Gasteiger partial charge < -0.3 is 5.32 Å². The monoisotopic (exact) mass is 412 g/mol. The van der Waals surface area contributed by atoms with Gasteiger partial charge >= 0.3 is 0 Å². The molecule has 0 aliphatic carbocycles. The number of anilines is 1. The Kier molecular flexibility index (Phi) is 6.46. The van der Waals surface area contributed by atoms with Crippen LogP contribution in [0.15, 0.2) is 59.6 Å². The molecule has 3 rings (SSSR count). The first-order valence-electron chi connectivity index (χ1n) is 9.32. The number of hydrogen-bond donors (Lipinski definition) is 3. The van der Waals surface area contributed by atoms with Crippen molar-refractivity contribution < 1.29 is 13.2 Å². The van der Waals surface area contributed by atoms with E-state index in [9.17, 15) is 13.2 Å². The Morgan fingerprint density at radius 3 is 2.21 bits per heavy atom. The zero-order valence-electron chi connectivity index (χ0n) is 16.4. The van der Waals surface area contributed by atoms with Crippen molar-refractivity contribution >= 4 is 21.6 Å². The van der Waals surface area contributed by atoms with E-state index >= 15 is 0 Å². The van der Waals surface area contributed by atoms with Crippen LogP contribution in [-0.2, 0) is 21.2 Å². The number of benzene rings is 2. The highest BCUT2D eigenvalue weighted by atomic mass is 32.2. The Morgan fingerprint density at radius 1 is 1.03 bits per heavy atom. The minimum atomic E-state index is -3.55. The van der Waals surface area contributed by atoms with E-state index in [1.54, 1.807) is 30.5 Å². The Hall–Kier alpha value is -2.97. The van der Waals surface area contributed by atoms with Crippen LogP contribution in [0.25, 0.3) is 11.1 Å². The van der Waals surface area contributed by atoms with E-state index in [1.165, 1.54) is 6.92 Å². The molecule has 1 aromatic heterocycles. The number of aromatic nitrogens is 2. The first kappa shape index (κ1) is 20.8. The van der Waals surface area contributed by atoms with E-state index < -0.39 is 10.0 Å². The van der Waals surface area contributed by atoms with Crippen LogP contribution in [0.1, 0.15) is 24.6 Å². The number of carbonyl (C=O) groups excluding carboxylic acids is 1. The van der Waals surface area contributed by atoms with Gasteiger partial charge in [-0.05, 0) is 60.7 Å². The Balaban J connectivity index is 1.59. The molecule has 0 saturated heterocycles. The molecule has 8 heteroatoms. The van der Waals surface area contributed by atoms with Crippen LogP contribution in [0.5, 0.6) is 0 Å². The van der Waals surface area contributed by atoms with Crippen molar-refractivity contribution in [2.75, 3.05) is 11.9 Å². The van der Waals surface area contributed by atoms with Crippen molar-refractivity contribution in [1.82, 2.24) is 14.9 Å². The third-order valence-electron chi connectivity index (χ3n) is 4.55. The second-order valence-electron chi connectivity index (χ2n) is 6.80. The molecule has 3 N–H and O–H groups in total. The minimum absolute atomic E-state index is 0.125. The third kappa shape index (κ3) is 5.52. The molecule has 0 unspecified atom stereocenters.